The van der Waals surface area contributed by atoms with E-state index in [9.17, 15) is 9.59 Å². The Morgan fingerprint density at radius 2 is 2.13 bits per heavy atom. The highest BCUT2D eigenvalue weighted by molar-refractivity contribution is 6.29. The Hall–Kier alpha value is -2.78. The third-order valence-corrected chi connectivity index (χ3v) is 4.51. The average molecular weight is 450 g/mol. The maximum atomic E-state index is 12.5. The van der Waals surface area contributed by atoms with Gasteiger partial charge in [-0.2, -0.15) is 0 Å². The molecule has 31 heavy (non-hydrogen) atoms. The number of rotatable bonds is 5. The summed E-state index contributed by atoms with van der Waals surface area (Å²) in [5.74, 6) is -0.401. The molecular formula is C21H28ClN5O4. The van der Waals surface area contributed by atoms with Crippen LogP contribution in [-0.2, 0) is 14.3 Å². The number of amides is 2. The first-order valence-corrected chi connectivity index (χ1v) is 10.1. The second-order valence-electron chi connectivity index (χ2n) is 7.77. The van der Waals surface area contributed by atoms with E-state index >= 15 is 0 Å². The monoisotopic (exact) mass is 449 g/mol. The predicted octanol–water partition coefficient (Wildman–Crippen LogP) is 2.79. The van der Waals surface area contributed by atoms with Gasteiger partial charge in [-0.1, -0.05) is 11.6 Å². The lowest BCUT2D eigenvalue weighted by molar-refractivity contribution is -0.117. The molecule has 1 aliphatic rings. The van der Waals surface area contributed by atoms with Crippen LogP contribution in [0.3, 0.4) is 0 Å². The Bertz CT molecular complexity index is 908. The van der Waals surface area contributed by atoms with Crippen molar-refractivity contribution in [2.45, 2.75) is 32.5 Å². The van der Waals surface area contributed by atoms with Gasteiger partial charge in [0.2, 0.25) is 0 Å². The zero-order valence-corrected chi connectivity index (χ0v) is 19.2. The molecule has 10 heteroatoms. The summed E-state index contributed by atoms with van der Waals surface area (Å²) in [5.41, 5.74) is 1.07. The molecule has 1 aromatic rings. The molecule has 1 N–H and O–H groups in total. The van der Waals surface area contributed by atoms with E-state index in [1.165, 1.54) is 13.1 Å². The van der Waals surface area contributed by atoms with Crippen LogP contribution >= 0.6 is 11.6 Å². The summed E-state index contributed by atoms with van der Waals surface area (Å²) in [5, 5.41) is 2.72. The molecule has 1 atom stereocenters. The summed E-state index contributed by atoms with van der Waals surface area (Å²) in [7, 11) is 3.07. The van der Waals surface area contributed by atoms with Crippen molar-refractivity contribution in [1.82, 2.24) is 15.2 Å². The lowest BCUT2D eigenvalue weighted by atomic mass is 10.1. The number of carbonyl (C=O) groups excluding carboxylic acids is 2. The van der Waals surface area contributed by atoms with E-state index in [0.717, 1.165) is 5.56 Å². The van der Waals surface area contributed by atoms with Gasteiger partial charge in [0.25, 0.3) is 5.91 Å². The molecule has 2 amide bonds. The maximum absolute atomic E-state index is 12.5. The van der Waals surface area contributed by atoms with Gasteiger partial charge in [0, 0.05) is 20.6 Å². The van der Waals surface area contributed by atoms with E-state index in [0.29, 0.717) is 31.1 Å². The second kappa shape index (κ2) is 10.5. The number of hydrogen-bond donors (Lipinski definition) is 1. The van der Waals surface area contributed by atoms with Crippen molar-refractivity contribution in [3.8, 4) is 0 Å². The number of aliphatic imine (C=N–C) groups is 2. The van der Waals surface area contributed by atoms with Gasteiger partial charge in [0.05, 0.1) is 24.6 Å². The van der Waals surface area contributed by atoms with Crippen LogP contribution in [-0.4, -0.2) is 73.7 Å². The first kappa shape index (κ1) is 24.5. The Morgan fingerprint density at radius 1 is 1.42 bits per heavy atom. The van der Waals surface area contributed by atoms with E-state index in [1.54, 1.807) is 24.1 Å². The van der Waals surface area contributed by atoms with Crippen LogP contribution < -0.4 is 5.32 Å². The van der Waals surface area contributed by atoms with E-state index < -0.39 is 23.7 Å². The summed E-state index contributed by atoms with van der Waals surface area (Å²) >= 11 is 6.25. The van der Waals surface area contributed by atoms with Gasteiger partial charge in [-0.3, -0.25) is 14.8 Å². The van der Waals surface area contributed by atoms with Gasteiger partial charge < -0.3 is 19.7 Å². The second-order valence-corrected chi connectivity index (χ2v) is 8.16. The third-order valence-electron chi connectivity index (χ3n) is 4.31. The highest BCUT2D eigenvalue weighted by Gasteiger charge is 2.29. The van der Waals surface area contributed by atoms with Crippen molar-refractivity contribution in [2.24, 2.45) is 9.98 Å². The molecule has 9 nitrogen and oxygen atoms in total. The molecule has 0 aliphatic carbocycles. The van der Waals surface area contributed by atoms with Gasteiger partial charge in [-0.05, 0) is 51.3 Å². The number of pyridine rings is 1. The quantitative estimate of drug-likeness (QED) is 0.422. The zero-order chi connectivity index (χ0) is 23.2. The highest BCUT2D eigenvalue weighted by atomic mass is 35.5. The van der Waals surface area contributed by atoms with E-state index in [1.807, 2.05) is 20.8 Å². The van der Waals surface area contributed by atoms with Crippen LogP contribution in [0, 0.1) is 0 Å². The number of carbonyl (C=O) groups is 2. The molecule has 0 saturated carbocycles. The van der Waals surface area contributed by atoms with Gasteiger partial charge in [-0.25, -0.2) is 9.78 Å². The van der Waals surface area contributed by atoms with Gasteiger partial charge >= 0.3 is 6.09 Å². The smallest absolute Gasteiger partial charge is 0.410 e. The summed E-state index contributed by atoms with van der Waals surface area (Å²) in [6, 6.07) is 3.44. The van der Waals surface area contributed by atoms with E-state index in [4.69, 9.17) is 21.1 Å². The van der Waals surface area contributed by atoms with Crippen LogP contribution in [0.15, 0.2) is 33.9 Å². The Morgan fingerprint density at radius 3 is 2.71 bits per heavy atom. The molecule has 2 rings (SSSR count). The fraction of sp³-hybridized carbons (Fsp3) is 0.476. The van der Waals surface area contributed by atoms with Crippen molar-refractivity contribution in [2.75, 3.05) is 33.8 Å². The number of allylic oxidation sites excluding steroid dienone is 1. The SMILES string of the molecule is C=N/C(=C\C(=NC)c1cc(C2CN(C(=O)OC(C)(C)C)CCO2)cc(Cl)n1)C(=O)NC. The van der Waals surface area contributed by atoms with Crippen LogP contribution in [0.5, 0.6) is 0 Å². The Kier molecular flexibility index (Phi) is 8.29. The maximum Gasteiger partial charge on any atom is 0.410 e. The number of halogens is 1. The minimum Gasteiger partial charge on any atom is -0.444 e. The molecule has 0 radical (unpaired) electrons. The minimum atomic E-state index is -0.585. The molecule has 1 aliphatic heterocycles. The zero-order valence-electron chi connectivity index (χ0n) is 18.4. The Balaban J connectivity index is 2.31. The van der Waals surface area contributed by atoms with Crippen molar-refractivity contribution >= 4 is 36.0 Å². The number of likely N-dealkylation sites (N-methyl/N-ethyl adjacent to an activating group) is 1. The molecule has 0 bridgehead atoms. The van der Waals surface area contributed by atoms with Gasteiger partial charge in [-0.15, -0.1) is 0 Å². The molecular weight excluding hydrogens is 422 g/mol. The number of nitrogens with zero attached hydrogens (tertiary/aromatic N) is 4. The lowest BCUT2D eigenvalue weighted by Crippen LogP contribution is -2.44. The summed E-state index contributed by atoms with van der Waals surface area (Å²) in [6.45, 7) is 9.98. The van der Waals surface area contributed by atoms with Crippen LogP contribution in [0.25, 0.3) is 0 Å². The number of hydrogen-bond acceptors (Lipinski definition) is 7. The summed E-state index contributed by atoms with van der Waals surface area (Å²) < 4.78 is 11.3. The normalized spacial score (nSPS) is 17.9. The number of ether oxygens (including phenoxy) is 2. The van der Waals surface area contributed by atoms with Crippen molar-refractivity contribution in [1.29, 1.82) is 0 Å². The first-order valence-electron chi connectivity index (χ1n) is 9.72. The minimum absolute atomic E-state index is 0.0939. The van der Waals surface area contributed by atoms with Crippen molar-refractivity contribution in [3.05, 3.63) is 40.3 Å². The van der Waals surface area contributed by atoms with E-state index in [2.05, 4.69) is 27.0 Å². The lowest BCUT2D eigenvalue weighted by Gasteiger charge is -2.34. The topological polar surface area (TPSA) is 105 Å². The third kappa shape index (κ3) is 6.86. The summed E-state index contributed by atoms with van der Waals surface area (Å²) in [4.78, 5) is 38.2. The molecule has 1 unspecified atom stereocenters. The van der Waals surface area contributed by atoms with Gasteiger partial charge in [0.15, 0.2) is 0 Å². The number of nitrogens with one attached hydrogen (secondary N) is 1. The fourth-order valence-corrected chi connectivity index (χ4v) is 3.09. The van der Waals surface area contributed by atoms with Crippen molar-refractivity contribution in [3.63, 3.8) is 0 Å². The fourth-order valence-electron chi connectivity index (χ4n) is 2.87. The standard InChI is InChI=1S/C21H28ClN5O4/c1-21(2,3)31-20(29)27-7-8-30-17(12-27)13-9-15(26-18(22)10-13)14(23-4)11-16(24-5)19(28)25-6/h9-11,17H,5,7-8,12H2,1-4,6H3,(H,25,28)/b16-11-,23-14?. The largest absolute Gasteiger partial charge is 0.444 e. The highest BCUT2D eigenvalue weighted by Crippen LogP contribution is 2.26. The molecule has 2 heterocycles. The number of morpholine rings is 1. The molecule has 168 valence electrons. The number of aromatic nitrogens is 1. The molecule has 1 saturated heterocycles. The predicted molar refractivity (Wildman–Crippen MR) is 120 cm³/mol. The Labute approximate surface area is 187 Å². The van der Waals surface area contributed by atoms with E-state index in [-0.39, 0.29) is 10.9 Å². The summed E-state index contributed by atoms with van der Waals surface area (Å²) in [6.07, 6.45) is 0.661. The molecule has 1 fully saturated rings. The molecule has 0 aromatic carbocycles. The van der Waals surface area contributed by atoms with Crippen LogP contribution in [0.4, 0.5) is 4.79 Å². The average Bonchev–Trinajstić information content (AvgIpc) is 2.72. The van der Waals surface area contributed by atoms with Crippen LogP contribution in [0.2, 0.25) is 5.15 Å². The molecule has 0 spiro atoms. The first-order chi connectivity index (χ1) is 14.6. The van der Waals surface area contributed by atoms with Crippen LogP contribution in [0.1, 0.15) is 38.1 Å². The van der Waals surface area contributed by atoms with Crippen molar-refractivity contribution < 1.29 is 19.1 Å². The van der Waals surface area contributed by atoms with Gasteiger partial charge in [0.1, 0.15) is 22.6 Å². The molecule has 1 aromatic heterocycles.